The quantitative estimate of drug-likeness (QED) is 0.732. The number of nitrogens with zero attached hydrogens (tertiary/aromatic N) is 1. The van der Waals surface area contributed by atoms with Gasteiger partial charge in [0.15, 0.2) is 0 Å². The van der Waals surface area contributed by atoms with Crippen LogP contribution >= 0.6 is 0 Å². The maximum absolute atomic E-state index is 13.0. The molecular formula is C19H22F3NO3. The lowest BCUT2D eigenvalue weighted by Gasteiger charge is -2.16. The van der Waals surface area contributed by atoms with Crippen LogP contribution < -0.4 is 0 Å². The minimum absolute atomic E-state index is 0.148. The summed E-state index contributed by atoms with van der Waals surface area (Å²) in [6.07, 6.45) is -3.18. The number of aliphatic imine (C=N–C) groups is 1. The van der Waals surface area contributed by atoms with Crippen molar-refractivity contribution < 1.29 is 27.5 Å². The number of hydrogen-bond donors (Lipinski definition) is 0. The molecule has 0 amide bonds. The van der Waals surface area contributed by atoms with Crippen molar-refractivity contribution in [3.63, 3.8) is 0 Å². The molecule has 1 aromatic rings. The lowest BCUT2D eigenvalue weighted by Crippen LogP contribution is -2.23. The van der Waals surface area contributed by atoms with Gasteiger partial charge in [-0.15, -0.1) is 0 Å². The summed E-state index contributed by atoms with van der Waals surface area (Å²) < 4.78 is 43.8. The van der Waals surface area contributed by atoms with Gasteiger partial charge in [0.2, 0.25) is 0 Å². The van der Waals surface area contributed by atoms with Gasteiger partial charge in [-0.1, -0.05) is 32.0 Å². The molecule has 0 N–H and O–H groups in total. The van der Waals surface area contributed by atoms with Crippen LogP contribution in [-0.2, 0) is 20.5 Å². The van der Waals surface area contributed by atoms with Crippen LogP contribution in [0.3, 0.4) is 0 Å². The molecule has 1 fully saturated rings. The summed E-state index contributed by atoms with van der Waals surface area (Å²) in [5, 5.41) is 0. The monoisotopic (exact) mass is 369 g/mol. The zero-order valence-corrected chi connectivity index (χ0v) is 15.0. The van der Waals surface area contributed by atoms with Crippen molar-refractivity contribution in [3.05, 3.63) is 35.4 Å². The maximum atomic E-state index is 13.0. The molecule has 3 unspecified atom stereocenters. The molecule has 1 aliphatic carbocycles. The normalized spacial score (nSPS) is 23.3. The van der Waals surface area contributed by atoms with Crippen molar-refractivity contribution in [1.82, 2.24) is 0 Å². The Morgan fingerprint density at radius 2 is 2.04 bits per heavy atom. The summed E-state index contributed by atoms with van der Waals surface area (Å²) in [4.78, 5) is 29.0. The third kappa shape index (κ3) is 4.14. The summed E-state index contributed by atoms with van der Waals surface area (Å²) in [7, 11) is 1.25. The van der Waals surface area contributed by atoms with Gasteiger partial charge in [0.1, 0.15) is 11.8 Å². The molecule has 0 aliphatic heterocycles. The van der Waals surface area contributed by atoms with E-state index in [1.165, 1.54) is 19.2 Å². The van der Waals surface area contributed by atoms with Crippen molar-refractivity contribution in [2.24, 2.45) is 10.9 Å². The first-order valence-corrected chi connectivity index (χ1v) is 8.58. The second kappa shape index (κ2) is 8.01. The first-order valence-electron chi connectivity index (χ1n) is 8.58. The van der Waals surface area contributed by atoms with Gasteiger partial charge in [0.05, 0.1) is 18.6 Å². The Kier molecular flexibility index (Phi) is 6.21. The van der Waals surface area contributed by atoms with Gasteiger partial charge in [-0.25, -0.2) is 4.79 Å². The van der Waals surface area contributed by atoms with E-state index in [4.69, 9.17) is 4.74 Å². The van der Waals surface area contributed by atoms with Crippen LogP contribution in [0.2, 0.25) is 0 Å². The van der Waals surface area contributed by atoms with Crippen LogP contribution in [0.25, 0.3) is 0 Å². The first-order chi connectivity index (χ1) is 12.2. The second-order valence-electron chi connectivity index (χ2n) is 6.34. The molecule has 2 rings (SSSR count). The van der Waals surface area contributed by atoms with E-state index in [-0.39, 0.29) is 17.3 Å². The summed E-state index contributed by atoms with van der Waals surface area (Å²) >= 11 is 0. The number of hydrogen-bond acceptors (Lipinski definition) is 4. The number of ketones is 1. The van der Waals surface area contributed by atoms with Crippen molar-refractivity contribution in [1.29, 1.82) is 0 Å². The lowest BCUT2D eigenvalue weighted by atomic mass is 9.92. The molecule has 0 radical (unpaired) electrons. The van der Waals surface area contributed by atoms with Gasteiger partial charge in [-0.05, 0) is 30.9 Å². The molecule has 1 saturated carbocycles. The number of methoxy groups -OCH3 is 1. The molecule has 0 spiro atoms. The zero-order chi connectivity index (χ0) is 19.5. The minimum atomic E-state index is -4.49. The number of carbonyl (C=O) groups is 2. The van der Waals surface area contributed by atoms with Crippen molar-refractivity contribution in [3.8, 4) is 0 Å². The fourth-order valence-electron chi connectivity index (χ4n) is 3.24. The molecule has 0 bridgehead atoms. The average Bonchev–Trinajstić information content (AvgIpc) is 2.93. The molecule has 1 aromatic carbocycles. The molecule has 142 valence electrons. The summed E-state index contributed by atoms with van der Waals surface area (Å²) in [6.45, 7) is 3.62. The third-order valence-corrected chi connectivity index (χ3v) is 4.70. The molecule has 4 nitrogen and oxygen atoms in total. The summed E-state index contributed by atoms with van der Waals surface area (Å²) in [5.74, 6) is -1.81. The zero-order valence-electron chi connectivity index (χ0n) is 15.0. The van der Waals surface area contributed by atoms with Gasteiger partial charge in [-0.3, -0.25) is 9.79 Å². The number of benzene rings is 1. The number of carbonyl (C=O) groups excluding carboxylic acids is 2. The van der Waals surface area contributed by atoms with Gasteiger partial charge < -0.3 is 4.74 Å². The van der Waals surface area contributed by atoms with E-state index in [1.807, 2.05) is 6.92 Å². The van der Waals surface area contributed by atoms with Crippen molar-refractivity contribution in [2.45, 2.75) is 51.2 Å². The van der Waals surface area contributed by atoms with Crippen LogP contribution in [0.4, 0.5) is 13.2 Å². The molecule has 26 heavy (non-hydrogen) atoms. The van der Waals surface area contributed by atoms with Crippen LogP contribution in [0, 0.1) is 5.92 Å². The van der Waals surface area contributed by atoms with Crippen molar-refractivity contribution >= 4 is 17.5 Å². The Morgan fingerprint density at radius 1 is 1.35 bits per heavy atom. The number of esters is 1. The van der Waals surface area contributed by atoms with E-state index in [9.17, 15) is 22.8 Å². The first kappa shape index (κ1) is 20.1. The standard InChI is InChI=1S/C19H22F3NO3/c1-4-11-10-15(23-14(5-2)18(25)26-3)16(17(11)24)12-7-6-8-13(9-12)19(20,21)22/h6-9,11,14,16H,4-5,10H2,1-3H3. The highest BCUT2D eigenvalue weighted by Gasteiger charge is 2.41. The number of rotatable bonds is 5. The second-order valence-corrected chi connectivity index (χ2v) is 6.34. The largest absolute Gasteiger partial charge is 0.467 e. The fraction of sp³-hybridized carbons (Fsp3) is 0.526. The highest BCUT2D eigenvalue weighted by atomic mass is 19.4. The number of halogens is 3. The van der Waals surface area contributed by atoms with E-state index < -0.39 is 29.7 Å². The van der Waals surface area contributed by atoms with E-state index in [1.54, 1.807) is 6.92 Å². The Labute approximate surface area is 150 Å². The van der Waals surface area contributed by atoms with Gasteiger partial charge in [-0.2, -0.15) is 13.2 Å². The van der Waals surface area contributed by atoms with E-state index in [0.717, 1.165) is 12.1 Å². The average molecular weight is 369 g/mol. The molecule has 0 heterocycles. The number of Topliss-reactive ketones (excluding diaryl/α,β-unsaturated/α-hetero) is 1. The highest BCUT2D eigenvalue weighted by molar-refractivity contribution is 6.17. The predicted octanol–water partition coefficient (Wildman–Crippen LogP) is 4.18. The molecule has 0 aromatic heterocycles. The van der Waals surface area contributed by atoms with Crippen LogP contribution in [0.5, 0.6) is 0 Å². The SMILES string of the molecule is CCC1CC(=NC(CC)C(=O)OC)C(c2cccc(C(F)(F)F)c2)C1=O. The third-order valence-electron chi connectivity index (χ3n) is 4.70. The van der Waals surface area contributed by atoms with Gasteiger partial charge in [0.25, 0.3) is 0 Å². The van der Waals surface area contributed by atoms with Crippen LogP contribution in [0.15, 0.2) is 29.3 Å². The maximum Gasteiger partial charge on any atom is 0.416 e. The number of alkyl halides is 3. The van der Waals surface area contributed by atoms with E-state index in [2.05, 4.69) is 4.99 Å². The van der Waals surface area contributed by atoms with E-state index in [0.29, 0.717) is 25.0 Å². The molecule has 1 aliphatic rings. The molecule has 0 saturated heterocycles. The summed E-state index contributed by atoms with van der Waals surface area (Å²) in [5.41, 5.74) is -0.0835. The minimum Gasteiger partial charge on any atom is -0.467 e. The Bertz CT molecular complexity index is 712. The fourth-order valence-corrected chi connectivity index (χ4v) is 3.24. The predicted molar refractivity (Wildman–Crippen MR) is 91.1 cm³/mol. The molecule has 3 atom stereocenters. The Hall–Kier alpha value is -2.18. The van der Waals surface area contributed by atoms with Crippen LogP contribution in [-0.4, -0.2) is 30.6 Å². The van der Waals surface area contributed by atoms with Crippen molar-refractivity contribution in [2.75, 3.05) is 7.11 Å². The van der Waals surface area contributed by atoms with Gasteiger partial charge in [0, 0.05) is 11.6 Å². The van der Waals surface area contributed by atoms with Crippen LogP contribution in [0.1, 0.15) is 50.2 Å². The topological polar surface area (TPSA) is 55.7 Å². The highest BCUT2D eigenvalue weighted by Crippen LogP contribution is 2.38. The number of ether oxygens (including phenoxy) is 1. The Morgan fingerprint density at radius 3 is 2.58 bits per heavy atom. The Balaban J connectivity index is 2.48. The molecule has 7 heteroatoms. The smallest absolute Gasteiger partial charge is 0.416 e. The summed E-state index contributed by atoms with van der Waals surface area (Å²) in [6, 6.07) is 4.01. The van der Waals surface area contributed by atoms with Gasteiger partial charge >= 0.3 is 12.1 Å². The molecular weight excluding hydrogens is 347 g/mol. The lowest BCUT2D eigenvalue weighted by molar-refractivity contribution is -0.142. The van der Waals surface area contributed by atoms with E-state index >= 15 is 0 Å².